The zero-order valence-electron chi connectivity index (χ0n) is 45.6. The van der Waals surface area contributed by atoms with Gasteiger partial charge in [-0.1, -0.05) is 42.1 Å². The van der Waals surface area contributed by atoms with Crippen LogP contribution in [0.4, 0.5) is 16.4 Å². The Labute approximate surface area is 458 Å². The molecule has 2 atom stereocenters. The van der Waals surface area contributed by atoms with Crippen LogP contribution >= 0.6 is 12.4 Å². The average molecular weight is 1090 g/mol. The molecule has 0 bridgehead atoms. The number of benzene rings is 2. The minimum absolute atomic E-state index is 0. The molecule has 2 aromatic carbocycles. The van der Waals surface area contributed by atoms with Crippen LogP contribution in [0.2, 0.25) is 0 Å². The van der Waals surface area contributed by atoms with E-state index in [1.807, 2.05) is 84.3 Å². The van der Waals surface area contributed by atoms with Gasteiger partial charge in [0.15, 0.2) is 11.6 Å². The van der Waals surface area contributed by atoms with Crippen LogP contribution in [0.15, 0.2) is 48.5 Å². The third-order valence-corrected chi connectivity index (χ3v) is 12.6. The molecule has 0 saturated carbocycles. The van der Waals surface area contributed by atoms with Crippen LogP contribution in [0.25, 0.3) is 45.6 Å². The van der Waals surface area contributed by atoms with E-state index >= 15 is 0 Å². The highest BCUT2D eigenvalue weighted by Crippen LogP contribution is 2.34. The summed E-state index contributed by atoms with van der Waals surface area (Å²) in [5, 5.41) is 47.4. The van der Waals surface area contributed by atoms with Gasteiger partial charge in [0, 0.05) is 88.5 Å². The lowest BCUT2D eigenvalue weighted by Crippen LogP contribution is -2.40. The second-order valence-electron chi connectivity index (χ2n) is 20.0. The van der Waals surface area contributed by atoms with Gasteiger partial charge in [-0.3, -0.25) is 0 Å². The smallest absolute Gasteiger partial charge is 0.410 e. The van der Waals surface area contributed by atoms with Crippen molar-refractivity contribution >= 4 is 30.1 Å². The highest BCUT2D eigenvalue weighted by atomic mass is 35.5. The molecular formula is C54H79ClN14O8. The van der Waals surface area contributed by atoms with Gasteiger partial charge in [-0.05, 0) is 105 Å². The minimum atomic E-state index is -0.908. The highest BCUT2D eigenvalue weighted by molar-refractivity contribution is 5.85. The Hall–Kier alpha value is -6.56. The molecule has 4 aromatic heterocycles. The van der Waals surface area contributed by atoms with Gasteiger partial charge in [0.1, 0.15) is 65.5 Å². The van der Waals surface area contributed by atoms with E-state index in [0.29, 0.717) is 42.9 Å². The Bertz CT molecular complexity index is 2810. The summed E-state index contributed by atoms with van der Waals surface area (Å²) in [6, 6.07) is 15.6. The number of nitrogens with zero attached hydrogens (tertiary/aromatic N) is 11. The first-order valence-corrected chi connectivity index (χ1v) is 25.5. The van der Waals surface area contributed by atoms with E-state index in [1.54, 1.807) is 50.3 Å². The number of amides is 1. The summed E-state index contributed by atoms with van der Waals surface area (Å²) < 4.78 is 31.5. The van der Waals surface area contributed by atoms with Crippen LogP contribution in [-0.2, 0) is 28.3 Å². The van der Waals surface area contributed by atoms with Gasteiger partial charge < -0.3 is 54.7 Å². The Kier molecular flexibility index (Phi) is 22.4. The van der Waals surface area contributed by atoms with Crippen molar-refractivity contribution in [3.63, 3.8) is 0 Å². The second kappa shape index (κ2) is 28.2. The zero-order chi connectivity index (χ0) is 53.8. The second-order valence-corrected chi connectivity index (χ2v) is 20.0. The predicted molar refractivity (Wildman–Crippen MR) is 299 cm³/mol. The van der Waals surface area contributed by atoms with Crippen LogP contribution in [-0.4, -0.2) is 168 Å². The van der Waals surface area contributed by atoms with E-state index in [9.17, 15) is 15.0 Å². The number of nitrogens with one attached hydrogen (secondary N) is 3. The molecule has 2 aliphatic rings. The van der Waals surface area contributed by atoms with Crippen molar-refractivity contribution in [1.82, 2.24) is 60.1 Å². The molecule has 1 amide bonds. The number of anilines is 2. The number of carbonyl (C=O) groups excluding carboxylic acids is 1. The molecule has 0 radical (unpaired) electrons. The van der Waals surface area contributed by atoms with E-state index in [1.165, 1.54) is 4.90 Å². The van der Waals surface area contributed by atoms with Crippen LogP contribution in [0.1, 0.15) is 76.4 Å². The number of rotatable bonds is 18. The highest BCUT2D eigenvalue weighted by Gasteiger charge is 2.26. The fraction of sp³-hybridized carbons (Fsp3) is 0.537. The van der Waals surface area contributed by atoms with Crippen LogP contribution in [0.5, 0.6) is 11.5 Å². The average Bonchev–Trinajstić information content (AvgIpc) is 3.93. The molecule has 0 spiro atoms. The van der Waals surface area contributed by atoms with Gasteiger partial charge in [0.2, 0.25) is 0 Å². The number of aryl methyl sites for hydroxylation is 4. The van der Waals surface area contributed by atoms with E-state index in [0.717, 1.165) is 107 Å². The van der Waals surface area contributed by atoms with Gasteiger partial charge in [-0.25, -0.2) is 34.1 Å². The van der Waals surface area contributed by atoms with Crippen molar-refractivity contribution in [2.45, 2.75) is 111 Å². The number of aromatic nitrogens is 10. The summed E-state index contributed by atoms with van der Waals surface area (Å²) in [4.78, 5) is 33.3. The number of hydrogen-bond donors (Lipinski definition) is 5. The Morgan fingerprint density at radius 3 is 1.55 bits per heavy atom. The van der Waals surface area contributed by atoms with Crippen LogP contribution < -0.4 is 25.4 Å². The first-order chi connectivity index (χ1) is 35.9. The Balaban J connectivity index is 0.000000281. The molecule has 0 aliphatic carbocycles. The summed E-state index contributed by atoms with van der Waals surface area (Å²) in [7, 11) is 7.09. The number of hydrogen-bond acceptors (Lipinski definition) is 19. The summed E-state index contributed by atoms with van der Waals surface area (Å²) >= 11 is 0. The van der Waals surface area contributed by atoms with Crippen molar-refractivity contribution in [3.8, 4) is 57.1 Å². The molecule has 6 heterocycles. The van der Waals surface area contributed by atoms with Crippen LogP contribution in [0, 0.1) is 27.7 Å². The fourth-order valence-electron chi connectivity index (χ4n) is 8.59. The monoisotopic (exact) mass is 1090 g/mol. The zero-order valence-corrected chi connectivity index (χ0v) is 46.4. The first kappa shape index (κ1) is 61.3. The lowest BCUT2D eigenvalue weighted by atomic mass is 10.1. The van der Waals surface area contributed by atoms with E-state index < -0.39 is 23.9 Å². The predicted octanol–water partition coefficient (Wildman–Crippen LogP) is 6.92. The van der Waals surface area contributed by atoms with E-state index in [2.05, 4.69) is 36.6 Å². The molecular weight excluding hydrogens is 1010 g/mol. The maximum absolute atomic E-state index is 12.2. The van der Waals surface area contributed by atoms with Gasteiger partial charge >= 0.3 is 6.09 Å². The van der Waals surface area contributed by atoms with Crippen LogP contribution in [0.3, 0.4) is 0 Å². The normalized spacial score (nSPS) is 14.7. The van der Waals surface area contributed by atoms with Crippen molar-refractivity contribution in [2.75, 3.05) is 77.5 Å². The van der Waals surface area contributed by atoms with E-state index in [-0.39, 0.29) is 51.7 Å². The first-order valence-electron chi connectivity index (χ1n) is 25.5. The number of likely N-dealkylation sites (N-methyl/N-ethyl adjacent to an activating group) is 2. The molecule has 2 saturated heterocycles. The Morgan fingerprint density at radius 2 is 1.16 bits per heavy atom. The van der Waals surface area contributed by atoms with Gasteiger partial charge in [-0.2, -0.15) is 0 Å². The number of aliphatic hydroxyl groups is 2. The van der Waals surface area contributed by atoms with Crippen molar-refractivity contribution in [1.29, 1.82) is 0 Å². The topological polar surface area (TPSA) is 256 Å². The summed E-state index contributed by atoms with van der Waals surface area (Å²) in [6.45, 7) is 16.9. The standard InChI is InChI=1S/C29H41N7O5.C24H33N7O3.CH4.ClH/c1-18-24(25-19(2)33-34-36(25)7)31-27(32-26(18)30-21-11-13-39-14-12-21)20-9-8-10-23(15-20)40-17-22(37)16-35(6)28(38)41-29(3,4)5;1-15-21(22-16(2)29-30-31(22)4)27-24(28-23(15)26-18-8-10-33-11-9-18)17-6-5-7-20(12-17)34-14-19(32)13-25-3;;/h8-10,15,21-22,37H,11-14,16-17H2,1-7H3,(H,30,31,32);5-7,12,18-19,25,32H,8-11,13-14H2,1-4H3,(H,26,27,28);1H4;1H. The molecule has 23 heteroatoms. The number of halogens is 1. The lowest BCUT2D eigenvalue weighted by Gasteiger charge is -2.26. The molecule has 77 heavy (non-hydrogen) atoms. The molecule has 5 N–H and O–H groups in total. The maximum atomic E-state index is 12.2. The van der Waals surface area contributed by atoms with Crippen molar-refractivity contribution < 1.29 is 38.7 Å². The molecule has 22 nitrogen and oxygen atoms in total. The third kappa shape index (κ3) is 16.7. The maximum Gasteiger partial charge on any atom is 0.410 e. The third-order valence-electron chi connectivity index (χ3n) is 12.6. The molecule has 8 rings (SSSR count). The summed E-state index contributed by atoms with van der Waals surface area (Å²) in [5.74, 6) is 3.85. The summed E-state index contributed by atoms with van der Waals surface area (Å²) in [6.07, 6.45) is 1.65. The summed E-state index contributed by atoms with van der Waals surface area (Å²) in [5.41, 5.74) is 7.65. The largest absolute Gasteiger partial charge is 0.491 e. The van der Waals surface area contributed by atoms with Gasteiger partial charge in [0.25, 0.3) is 0 Å². The minimum Gasteiger partial charge on any atom is -0.491 e. The fourth-order valence-corrected chi connectivity index (χ4v) is 8.59. The molecule has 2 unspecified atom stereocenters. The van der Waals surface area contributed by atoms with Crippen molar-refractivity contribution in [3.05, 3.63) is 71.0 Å². The number of aliphatic hydroxyl groups excluding tert-OH is 2. The van der Waals surface area contributed by atoms with E-state index in [4.69, 9.17) is 43.6 Å². The van der Waals surface area contributed by atoms with Crippen molar-refractivity contribution in [2.24, 2.45) is 14.1 Å². The lowest BCUT2D eigenvalue weighted by molar-refractivity contribution is 0.0154. The molecule has 420 valence electrons. The quantitative estimate of drug-likeness (QED) is 0.0585. The molecule has 2 aliphatic heterocycles. The van der Waals surface area contributed by atoms with Gasteiger partial charge in [-0.15, -0.1) is 22.6 Å². The molecule has 2 fully saturated rings. The number of ether oxygens (including phenoxy) is 5. The molecule has 6 aromatic rings. The SMILES string of the molecule is C.CNCC(O)COc1cccc(-c2nc(NC3CCOCC3)c(C)c(-c3c(C)nnn3C)n2)c1.Cc1nnn(C)c1-c1nc(-c2cccc(OCC(O)CN(C)C(=O)OC(C)(C)C)c2)nc(NC2CCOCC2)c1C.Cl. The number of carbonyl (C=O) groups is 1. The van der Waals surface area contributed by atoms with Gasteiger partial charge in [0.05, 0.1) is 29.3 Å². The Morgan fingerprint density at radius 1 is 0.727 bits per heavy atom.